The lowest BCUT2D eigenvalue weighted by atomic mass is 10.0. The number of aromatic amines is 1. The standard InChI is InChI=1S/C24H34N4O3/c1-6-27-12-14-28(15-13-27)20-10-8-19(9-11-20)25-18(5)23(29)22-16(3)21(17(4)26-22)24(30)31-7-2/h8-11,18,25-26H,6-7,12-15H2,1-5H3/t18-/m1/s1. The molecule has 7 nitrogen and oxygen atoms in total. The van der Waals surface area contributed by atoms with E-state index in [-0.39, 0.29) is 5.78 Å². The highest BCUT2D eigenvalue weighted by Gasteiger charge is 2.25. The summed E-state index contributed by atoms with van der Waals surface area (Å²) in [6.45, 7) is 15.0. The van der Waals surface area contributed by atoms with Crippen molar-refractivity contribution in [1.29, 1.82) is 0 Å². The summed E-state index contributed by atoms with van der Waals surface area (Å²) in [7, 11) is 0. The van der Waals surface area contributed by atoms with Crippen LogP contribution in [0.3, 0.4) is 0 Å². The number of piperazine rings is 1. The highest BCUT2D eigenvalue weighted by atomic mass is 16.5. The first-order valence-corrected chi connectivity index (χ1v) is 11.1. The van der Waals surface area contributed by atoms with Gasteiger partial charge in [0, 0.05) is 43.2 Å². The van der Waals surface area contributed by atoms with Crippen molar-refractivity contribution < 1.29 is 14.3 Å². The van der Waals surface area contributed by atoms with Crippen LogP contribution in [0.25, 0.3) is 0 Å². The van der Waals surface area contributed by atoms with Gasteiger partial charge in [-0.15, -0.1) is 0 Å². The summed E-state index contributed by atoms with van der Waals surface area (Å²) in [6.07, 6.45) is 0. The van der Waals surface area contributed by atoms with E-state index in [2.05, 4.69) is 39.2 Å². The first-order chi connectivity index (χ1) is 14.8. The fourth-order valence-corrected chi connectivity index (χ4v) is 4.13. The maximum absolute atomic E-state index is 13.0. The summed E-state index contributed by atoms with van der Waals surface area (Å²) in [4.78, 5) is 33.2. The molecule has 0 bridgehead atoms. The van der Waals surface area contributed by atoms with Crippen molar-refractivity contribution in [2.75, 3.05) is 49.5 Å². The Morgan fingerprint density at radius 2 is 1.74 bits per heavy atom. The predicted molar refractivity (Wildman–Crippen MR) is 124 cm³/mol. The quantitative estimate of drug-likeness (QED) is 0.496. The average molecular weight is 427 g/mol. The Morgan fingerprint density at radius 1 is 1.10 bits per heavy atom. The Bertz CT molecular complexity index is 912. The highest BCUT2D eigenvalue weighted by molar-refractivity contribution is 6.04. The molecule has 31 heavy (non-hydrogen) atoms. The molecule has 0 amide bonds. The molecule has 1 aliphatic rings. The van der Waals surface area contributed by atoms with Gasteiger partial charge < -0.3 is 24.8 Å². The maximum Gasteiger partial charge on any atom is 0.340 e. The number of ketones is 1. The van der Waals surface area contributed by atoms with Gasteiger partial charge in [0.15, 0.2) is 0 Å². The molecule has 2 aromatic rings. The molecule has 1 saturated heterocycles. The third-order valence-corrected chi connectivity index (χ3v) is 5.99. The van der Waals surface area contributed by atoms with E-state index in [4.69, 9.17) is 4.74 Å². The molecule has 1 atom stereocenters. The molecule has 1 aromatic heterocycles. The Kier molecular flexibility index (Phi) is 7.38. The van der Waals surface area contributed by atoms with Gasteiger partial charge in [-0.05, 0) is 64.1 Å². The van der Waals surface area contributed by atoms with Crippen molar-refractivity contribution in [3.8, 4) is 0 Å². The number of aryl methyl sites for hydroxylation is 1. The summed E-state index contributed by atoms with van der Waals surface area (Å²) >= 11 is 0. The summed E-state index contributed by atoms with van der Waals surface area (Å²) in [5.74, 6) is -0.486. The normalized spacial score (nSPS) is 15.6. The number of aromatic nitrogens is 1. The van der Waals surface area contributed by atoms with E-state index in [1.54, 1.807) is 20.8 Å². The van der Waals surface area contributed by atoms with E-state index in [1.165, 1.54) is 5.69 Å². The van der Waals surface area contributed by atoms with Crippen LogP contribution in [0.5, 0.6) is 0 Å². The van der Waals surface area contributed by atoms with Gasteiger partial charge in [0.05, 0.1) is 23.9 Å². The molecule has 1 aromatic carbocycles. The predicted octanol–water partition coefficient (Wildman–Crippen LogP) is 3.63. The molecular weight excluding hydrogens is 392 g/mol. The maximum atomic E-state index is 13.0. The van der Waals surface area contributed by atoms with Crippen molar-refractivity contribution in [2.45, 2.75) is 40.7 Å². The van der Waals surface area contributed by atoms with E-state index < -0.39 is 12.0 Å². The molecular formula is C24H34N4O3. The van der Waals surface area contributed by atoms with E-state index >= 15 is 0 Å². The lowest BCUT2D eigenvalue weighted by molar-refractivity contribution is 0.0525. The molecule has 0 unspecified atom stereocenters. The van der Waals surface area contributed by atoms with Crippen LogP contribution in [-0.2, 0) is 4.74 Å². The number of Topliss-reactive ketones (excluding diaryl/α,β-unsaturated/α-hetero) is 1. The third kappa shape index (κ3) is 5.10. The van der Waals surface area contributed by atoms with E-state index in [9.17, 15) is 9.59 Å². The van der Waals surface area contributed by atoms with Gasteiger partial charge in [-0.1, -0.05) is 6.92 Å². The van der Waals surface area contributed by atoms with Crippen LogP contribution in [0.4, 0.5) is 11.4 Å². The molecule has 2 heterocycles. The molecule has 1 fully saturated rings. The van der Waals surface area contributed by atoms with E-state index in [0.29, 0.717) is 29.1 Å². The van der Waals surface area contributed by atoms with Gasteiger partial charge in [-0.2, -0.15) is 0 Å². The Labute approximate surface area is 184 Å². The SMILES string of the molecule is CCOC(=O)c1c(C)[nH]c(C(=O)[C@@H](C)Nc2ccc(N3CCN(CC)CC3)cc2)c1C. The van der Waals surface area contributed by atoms with Crippen LogP contribution in [0.15, 0.2) is 24.3 Å². The number of nitrogens with zero attached hydrogens (tertiary/aromatic N) is 2. The van der Waals surface area contributed by atoms with Gasteiger partial charge in [0.2, 0.25) is 5.78 Å². The van der Waals surface area contributed by atoms with Crippen LogP contribution in [0.2, 0.25) is 0 Å². The second kappa shape index (κ2) is 10.0. The summed E-state index contributed by atoms with van der Waals surface area (Å²) in [5, 5.41) is 3.28. The van der Waals surface area contributed by atoms with Crippen molar-refractivity contribution in [3.63, 3.8) is 0 Å². The molecule has 168 valence electrons. The van der Waals surface area contributed by atoms with Crippen molar-refractivity contribution in [2.24, 2.45) is 0 Å². The zero-order valence-electron chi connectivity index (χ0n) is 19.2. The largest absolute Gasteiger partial charge is 0.462 e. The number of nitrogens with one attached hydrogen (secondary N) is 2. The molecule has 0 aliphatic carbocycles. The zero-order valence-corrected chi connectivity index (χ0v) is 19.2. The number of anilines is 2. The fraction of sp³-hybridized carbons (Fsp3) is 0.500. The molecule has 7 heteroatoms. The second-order valence-corrected chi connectivity index (χ2v) is 8.04. The lowest BCUT2D eigenvalue weighted by Gasteiger charge is -2.35. The molecule has 0 saturated carbocycles. The Morgan fingerprint density at radius 3 is 2.32 bits per heavy atom. The van der Waals surface area contributed by atoms with Crippen molar-refractivity contribution in [3.05, 3.63) is 46.8 Å². The van der Waals surface area contributed by atoms with Gasteiger partial charge in [0.25, 0.3) is 0 Å². The fourth-order valence-electron chi connectivity index (χ4n) is 4.13. The van der Waals surface area contributed by atoms with Gasteiger partial charge in [-0.3, -0.25) is 4.79 Å². The topological polar surface area (TPSA) is 77.7 Å². The second-order valence-electron chi connectivity index (χ2n) is 8.04. The number of carbonyl (C=O) groups is 2. The first-order valence-electron chi connectivity index (χ1n) is 11.1. The van der Waals surface area contributed by atoms with Crippen LogP contribution >= 0.6 is 0 Å². The lowest BCUT2D eigenvalue weighted by Crippen LogP contribution is -2.46. The van der Waals surface area contributed by atoms with Gasteiger partial charge in [0.1, 0.15) is 0 Å². The van der Waals surface area contributed by atoms with E-state index in [0.717, 1.165) is 38.4 Å². The Balaban J connectivity index is 1.65. The number of rotatable bonds is 8. The van der Waals surface area contributed by atoms with Gasteiger partial charge in [-0.25, -0.2) is 4.79 Å². The number of hydrogen-bond acceptors (Lipinski definition) is 6. The number of esters is 1. The molecule has 1 aliphatic heterocycles. The minimum Gasteiger partial charge on any atom is -0.462 e. The summed E-state index contributed by atoms with van der Waals surface area (Å²) in [5.41, 5.74) is 4.28. The zero-order chi connectivity index (χ0) is 22.5. The van der Waals surface area contributed by atoms with E-state index in [1.807, 2.05) is 19.1 Å². The Hall–Kier alpha value is -2.80. The minimum absolute atomic E-state index is 0.0871. The number of hydrogen-bond donors (Lipinski definition) is 2. The number of benzene rings is 1. The number of H-pyrrole nitrogens is 1. The molecule has 0 radical (unpaired) electrons. The molecule has 3 rings (SSSR count). The van der Waals surface area contributed by atoms with Gasteiger partial charge >= 0.3 is 5.97 Å². The number of likely N-dealkylation sites (N-methyl/N-ethyl adjacent to an activating group) is 1. The number of ether oxygens (including phenoxy) is 1. The molecule has 2 N–H and O–H groups in total. The average Bonchev–Trinajstić information content (AvgIpc) is 3.07. The van der Waals surface area contributed by atoms with Crippen LogP contribution in [0.1, 0.15) is 52.9 Å². The van der Waals surface area contributed by atoms with Crippen LogP contribution < -0.4 is 10.2 Å². The minimum atomic E-state index is -0.439. The van der Waals surface area contributed by atoms with Crippen molar-refractivity contribution >= 4 is 23.1 Å². The third-order valence-electron chi connectivity index (χ3n) is 5.99. The number of carbonyl (C=O) groups excluding carboxylic acids is 2. The monoisotopic (exact) mass is 426 g/mol. The first kappa shape index (κ1) is 22.9. The van der Waals surface area contributed by atoms with Crippen molar-refractivity contribution in [1.82, 2.24) is 9.88 Å². The van der Waals surface area contributed by atoms with Crippen LogP contribution in [0, 0.1) is 13.8 Å². The van der Waals surface area contributed by atoms with Crippen LogP contribution in [-0.4, -0.2) is 67.0 Å². The smallest absolute Gasteiger partial charge is 0.340 e. The summed E-state index contributed by atoms with van der Waals surface area (Å²) in [6, 6.07) is 7.80. The highest BCUT2D eigenvalue weighted by Crippen LogP contribution is 2.23. The summed E-state index contributed by atoms with van der Waals surface area (Å²) < 4.78 is 5.12. The molecule has 0 spiro atoms.